The normalized spacial score (nSPS) is 23.0. The van der Waals surface area contributed by atoms with Crippen LogP contribution in [0.5, 0.6) is 0 Å². The number of ether oxygens (including phenoxy) is 1. The van der Waals surface area contributed by atoms with Crippen LogP contribution in [0.1, 0.15) is 54.9 Å². The van der Waals surface area contributed by atoms with Crippen LogP contribution in [0.2, 0.25) is 0 Å². The van der Waals surface area contributed by atoms with Crippen LogP contribution in [-0.2, 0) is 14.0 Å². The van der Waals surface area contributed by atoms with Crippen molar-refractivity contribution in [3.63, 3.8) is 0 Å². The molecule has 1 amide bonds. The van der Waals surface area contributed by atoms with Crippen molar-refractivity contribution in [1.82, 2.24) is 14.9 Å². The van der Waals surface area contributed by atoms with Crippen LogP contribution in [-0.4, -0.2) is 71.6 Å². The molecule has 2 saturated heterocycles. The van der Waals surface area contributed by atoms with Gasteiger partial charge in [-0.05, 0) is 60.8 Å². The van der Waals surface area contributed by atoms with Gasteiger partial charge in [0.25, 0.3) is 0 Å². The number of hydrogen-bond donors (Lipinski definition) is 0. The van der Waals surface area contributed by atoms with E-state index in [0.29, 0.717) is 18.4 Å². The SMILES string of the molecule is CN(CC1CCN(C(=O)OC(C)(C)C)C1)c1ncc(B2OC(C)(C)C(C)(C)O2)cn1. The standard InChI is InChI=1S/C21H35BN4O4/c1-19(2,3)28-18(27)26-10-9-15(14-26)13-25(8)17-23-11-16(12-24-17)22-29-20(4,5)21(6,7)30-22/h11-12,15H,9-10,13-14H2,1-8H3. The third kappa shape index (κ3) is 5.06. The molecule has 0 N–H and O–H groups in total. The average Bonchev–Trinajstić information content (AvgIpc) is 3.16. The summed E-state index contributed by atoms with van der Waals surface area (Å²) in [6.45, 7) is 15.9. The summed E-state index contributed by atoms with van der Waals surface area (Å²) < 4.78 is 17.6. The highest BCUT2D eigenvalue weighted by Gasteiger charge is 2.52. The number of amides is 1. The van der Waals surface area contributed by atoms with Gasteiger partial charge in [0, 0.05) is 44.5 Å². The van der Waals surface area contributed by atoms with E-state index < -0.39 is 23.9 Å². The predicted molar refractivity (Wildman–Crippen MR) is 117 cm³/mol. The van der Waals surface area contributed by atoms with Crippen molar-refractivity contribution >= 4 is 24.6 Å². The van der Waals surface area contributed by atoms with Crippen molar-refractivity contribution in [1.29, 1.82) is 0 Å². The van der Waals surface area contributed by atoms with E-state index in [2.05, 4.69) is 9.97 Å². The van der Waals surface area contributed by atoms with Crippen LogP contribution < -0.4 is 10.4 Å². The molecular formula is C21H35BN4O4. The van der Waals surface area contributed by atoms with E-state index in [4.69, 9.17) is 14.0 Å². The lowest BCUT2D eigenvalue weighted by atomic mass is 9.81. The minimum atomic E-state index is -0.473. The van der Waals surface area contributed by atoms with Gasteiger partial charge >= 0.3 is 13.2 Å². The van der Waals surface area contributed by atoms with E-state index >= 15 is 0 Å². The van der Waals surface area contributed by atoms with Crippen molar-refractivity contribution in [3.8, 4) is 0 Å². The first-order valence-electron chi connectivity index (χ1n) is 10.6. The zero-order valence-electron chi connectivity index (χ0n) is 19.6. The lowest BCUT2D eigenvalue weighted by molar-refractivity contribution is 0.00578. The van der Waals surface area contributed by atoms with Crippen LogP contribution in [0.3, 0.4) is 0 Å². The van der Waals surface area contributed by atoms with Gasteiger partial charge in [-0.25, -0.2) is 14.8 Å². The van der Waals surface area contributed by atoms with E-state index in [9.17, 15) is 4.79 Å². The van der Waals surface area contributed by atoms with Gasteiger partial charge in [-0.1, -0.05) is 0 Å². The Morgan fingerprint density at radius 1 is 1.23 bits per heavy atom. The molecular weight excluding hydrogens is 383 g/mol. The fourth-order valence-corrected chi connectivity index (χ4v) is 3.57. The maximum absolute atomic E-state index is 12.3. The second-order valence-corrected chi connectivity index (χ2v) is 10.4. The number of nitrogens with zero attached hydrogens (tertiary/aromatic N) is 4. The third-order valence-electron chi connectivity index (χ3n) is 5.99. The first kappa shape index (κ1) is 22.8. The molecule has 0 aliphatic carbocycles. The molecule has 2 aliphatic rings. The van der Waals surface area contributed by atoms with Crippen LogP contribution in [0, 0.1) is 5.92 Å². The van der Waals surface area contributed by atoms with E-state index in [1.54, 1.807) is 17.3 Å². The molecule has 166 valence electrons. The summed E-state index contributed by atoms with van der Waals surface area (Å²) in [5.74, 6) is 1.000. The average molecular weight is 418 g/mol. The fraction of sp³-hybridized carbons (Fsp3) is 0.762. The maximum atomic E-state index is 12.3. The van der Waals surface area contributed by atoms with Crippen LogP contribution in [0.4, 0.5) is 10.7 Å². The maximum Gasteiger partial charge on any atom is 0.498 e. The zero-order chi connectivity index (χ0) is 22.3. The molecule has 0 spiro atoms. The second-order valence-electron chi connectivity index (χ2n) is 10.4. The topological polar surface area (TPSA) is 77.0 Å². The molecule has 8 nitrogen and oxygen atoms in total. The number of hydrogen-bond acceptors (Lipinski definition) is 7. The molecule has 2 fully saturated rings. The molecule has 3 rings (SSSR count). The summed E-state index contributed by atoms with van der Waals surface area (Å²) in [6, 6.07) is 0. The predicted octanol–water partition coefficient (Wildman–Crippen LogP) is 2.47. The summed E-state index contributed by atoms with van der Waals surface area (Å²) >= 11 is 0. The van der Waals surface area contributed by atoms with Crippen LogP contribution >= 0.6 is 0 Å². The van der Waals surface area contributed by atoms with Crippen LogP contribution in [0.15, 0.2) is 12.4 Å². The minimum Gasteiger partial charge on any atom is -0.444 e. The Balaban J connectivity index is 1.55. The molecule has 0 aromatic carbocycles. The van der Waals surface area contributed by atoms with Gasteiger partial charge in [-0.2, -0.15) is 0 Å². The van der Waals surface area contributed by atoms with Gasteiger partial charge in [0.1, 0.15) is 5.60 Å². The number of likely N-dealkylation sites (tertiary alicyclic amines) is 1. The van der Waals surface area contributed by atoms with E-state index in [0.717, 1.165) is 25.0 Å². The lowest BCUT2D eigenvalue weighted by Gasteiger charge is -2.32. The second kappa shape index (κ2) is 8.00. The van der Waals surface area contributed by atoms with Gasteiger partial charge in [0.15, 0.2) is 0 Å². The molecule has 1 aromatic heterocycles. The van der Waals surface area contributed by atoms with Crippen molar-refractivity contribution < 1.29 is 18.8 Å². The quantitative estimate of drug-likeness (QED) is 0.696. The largest absolute Gasteiger partial charge is 0.498 e. The smallest absolute Gasteiger partial charge is 0.444 e. The Bertz CT molecular complexity index is 747. The van der Waals surface area contributed by atoms with Gasteiger partial charge in [-0.3, -0.25) is 0 Å². The molecule has 9 heteroatoms. The highest BCUT2D eigenvalue weighted by Crippen LogP contribution is 2.36. The first-order valence-corrected chi connectivity index (χ1v) is 10.6. The molecule has 0 radical (unpaired) electrons. The van der Waals surface area contributed by atoms with Crippen molar-refractivity contribution in [2.75, 3.05) is 31.6 Å². The molecule has 2 aliphatic heterocycles. The van der Waals surface area contributed by atoms with Crippen molar-refractivity contribution in [3.05, 3.63) is 12.4 Å². The van der Waals surface area contributed by atoms with Crippen LogP contribution in [0.25, 0.3) is 0 Å². The first-order chi connectivity index (χ1) is 13.8. The van der Waals surface area contributed by atoms with Gasteiger partial charge in [-0.15, -0.1) is 0 Å². The molecule has 30 heavy (non-hydrogen) atoms. The minimum absolute atomic E-state index is 0.240. The molecule has 1 aromatic rings. The van der Waals surface area contributed by atoms with Gasteiger partial charge in [0.2, 0.25) is 5.95 Å². The fourth-order valence-electron chi connectivity index (χ4n) is 3.57. The van der Waals surface area contributed by atoms with E-state index in [1.165, 1.54) is 0 Å². The van der Waals surface area contributed by atoms with Crippen molar-refractivity contribution in [2.24, 2.45) is 5.92 Å². The number of anilines is 1. The zero-order valence-corrected chi connectivity index (χ0v) is 19.6. The summed E-state index contributed by atoms with van der Waals surface area (Å²) in [6.07, 6.45) is 4.23. The Kier molecular flexibility index (Phi) is 6.08. The number of carbonyl (C=O) groups is 1. The van der Waals surface area contributed by atoms with Gasteiger partial charge < -0.3 is 23.8 Å². The monoisotopic (exact) mass is 418 g/mol. The van der Waals surface area contributed by atoms with E-state index in [1.807, 2.05) is 60.4 Å². The Labute approximate surface area is 180 Å². The summed E-state index contributed by atoms with van der Waals surface area (Å²) in [4.78, 5) is 25.1. The summed E-state index contributed by atoms with van der Waals surface area (Å²) in [5, 5.41) is 0. The molecule has 1 atom stereocenters. The Morgan fingerprint density at radius 2 is 1.80 bits per heavy atom. The Morgan fingerprint density at radius 3 is 2.33 bits per heavy atom. The summed E-state index contributed by atoms with van der Waals surface area (Å²) in [5.41, 5.74) is -0.452. The Hall–Kier alpha value is -1.87. The van der Waals surface area contributed by atoms with Gasteiger partial charge in [0.05, 0.1) is 11.2 Å². The highest BCUT2D eigenvalue weighted by atomic mass is 16.7. The third-order valence-corrected chi connectivity index (χ3v) is 5.99. The lowest BCUT2D eigenvalue weighted by Crippen LogP contribution is -2.41. The molecule has 1 unspecified atom stereocenters. The summed E-state index contributed by atoms with van der Waals surface area (Å²) in [7, 11) is 1.51. The molecule has 0 saturated carbocycles. The number of aromatic nitrogens is 2. The van der Waals surface area contributed by atoms with E-state index in [-0.39, 0.29) is 6.09 Å². The highest BCUT2D eigenvalue weighted by molar-refractivity contribution is 6.61. The number of carbonyl (C=O) groups excluding carboxylic acids is 1. The number of rotatable bonds is 4. The molecule has 0 bridgehead atoms. The molecule has 3 heterocycles. The van der Waals surface area contributed by atoms with Crippen molar-refractivity contribution in [2.45, 2.75) is 71.7 Å².